The van der Waals surface area contributed by atoms with Gasteiger partial charge in [0.15, 0.2) is 0 Å². The smallest absolute Gasteiger partial charge is 0.361 e. The molecule has 6 nitrogen and oxygen atoms in total. The summed E-state index contributed by atoms with van der Waals surface area (Å²) >= 11 is 4.00. The van der Waals surface area contributed by atoms with Crippen LogP contribution >= 0.6 is 27.7 Å². The van der Waals surface area contributed by atoms with Gasteiger partial charge in [0.25, 0.3) is 5.72 Å². The Morgan fingerprint density at radius 3 is 2.75 bits per heavy atom. The van der Waals surface area contributed by atoms with Gasteiger partial charge in [0.1, 0.15) is 10.9 Å². The summed E-state index contributed by atoms with van der Waals surface area (Å²) in [4.78, 5) is 19.0. The molecule has 3 N–H and O–H groups in total. The van der Waals surface area contributed by atoms with Gasteiger partial charge in [0.2, 0.25) is 0 Å². The molecule has 24 heavy (non-hydrogen) atoms. The van der Waals surface area contributed by atoms with E-state index in [1.807, 2.05) is 0 Å². The Morgan fingerprint density at radius 1 is 1.54 bits per heavy atom. The lowest BCUT2D eigenvalue weighted by molar-refractivity contribution is -0.253. The second-order valence-corrected chi connectivity index (χ2v) is 7.12. The van der Waals surface area contributed by atoms with E-state index in [9.17, 15) is 23.1 Å². The van der Waals surface area contributed by atoms with Crippen LogP contribution < -0.4 is 10.6 Å². The molecule has 2 atom stereocenters. The Bertz CT molecular complexity index is 686. The Morgan fingerprint density at radius 2 is 2.21 bits per heavy atom. The van der Waals surface area contributed by atoms with Crippen molar-refractivity contribution in [3.05, 3.63) is 22.3 Å². The number of hydrogen-bond acceptors (Lipinski definition) is 5. The summed E-state index contributed by atoms with van der Waals surface area (Å²) in [5, 5.41) is 13.6. The first kappa shape index (κ1) is 19.0. The summed E-state index contributed by atoms with van der Waals surface area (Å²) in [6, 6.07) is 0.902. The minimum Gasteiger partial charge on any atom is -0.361 e. The van der Waals surface area contributed by atoms with E-state index in [2.05, 4.69) is 36.5 Å². The first-order valence-electron chi connectivity index (χ1n) is 6.85. The number of aliphatic hydroxyl groups is 1. The molecule has 0 aromatic carbocycles. The van der Waals surface area contributed by atoms with E-state index in [0.717, 1.165) is 11.8 Å². The standard InChI is InChI=1S/C13H14BrF3N4O2S/c1-3-18-11(22)20-9-4-7(8(14)5-19-9)10-21-12(23,6(2)24-10)13(15,16)17/h4-6,23H,3H2,1-2H3,(H2,18,19,20,22). The largest absolute Gasteiger partial charge is 0.439 e. The van der Waals surface area contributed by atoms with Crippen molar-refractivity contribution in [3.63, 3.8) is 0 Å². The van der Waals surface area contributed by atoms with Gasteiger partial charge in [-0.1, -0.05) is 11.8 Å². The van der Waals surface area contributed by atoms with Crippen LogP contribution in [0.25, 0.3) is 0 Å². The number of anilines is 1. The molecule has 11 heteroatoms. The average Bonchev–Trinajstić information content (AvgIpc) is 2.78. The number of nitrogens with one attached hydrogen (secondary N) is 2. The minimum atomic E-state index is -4.89. The highest BCUT2D eigenvalue weighted by molar-refractivity contribution is 9.10. The van der Waals surface area contributed by atoms with Crippen molar-refractivity contribution in [1.82, 2.24) is 10.3 Å². The predicted octanol–water partition coefficient (Wildman–Crippen LogP) is 3.12. The number of urea groups is 1. The highest BCUT2D eigenvalue weighted by Crippen LogP contribution is 2.46. The van der Waals surface area contributed by atoms with Crippen molar-refractivity contribution >= 4 is 44.6 Å². The van der Waals surface area contributed by atoms with Gasteiger partial charge in [-0.3, -0.25) is 5.32 Å². The molecule has 0 radical (unpaired) electrons. The molecule has 0 aliphatic carbocycles. The van der Waals surface area contributed by atoms with Crippen molar-refractivity contribution in [2.45, 2.75) is 31.0 Å². The van der Waals surface area contributed by atoms with Crippen LogP contribution in [0.5, 0.6) is 0 Å². The molecule has 2 unspecified atom stereocenters. The quantitative estimate of drug-likeness (QED) is 0.692. The van der Waals surface area contributed by atoms with Crippen molar-refractivity contribution < 1.29 is 23.1 Å². The number of halogens is 4. The number of alkyl halides is 3. The number of carbonyl (C=O) groups is 1. The third kappa shape index (κ3) is 3.67. The normalized spacial score (nSPS) is 23.8. The number of aliphatic imine (C=N–C) groups is 1. The average molecular weight is 427 g/mol. The number of aromatic nitrogens is 1. The van der Waals surface area contributed by atoms with Crippen molar-refractivity contribution in [2.24, 2.45) is 4.99 Å². The molecule has 132 valence electrons. The Kier molecular flexibility index (Phi) is 5.45. The third-order valence-corrected chi connectivity index (χ3v) is 5.06. The zero-order valence-corrected chi connectivity index (χ0v) is 15.0. The molecular weight excluding hydrogens is 413 g/mol. The molecule has 0 spiro atoms. The summed E-state index contributed by atoms with van der Waals surface area (Å²) in [7, 11) is 0. The van der Waals surface area contributed by atoms with Crippen LogP contribution in [0.1, 0.15) is 19.4 Å². The maximum absolute atomic E-state index is 13.1. The van der Waals surface area contributed by atoms with Crippen LogP contribution in [0, 0.1) is 0 Å². The van der Waals surface area contributed by atoms with Crippen molar-refractivity contribution in [3.8, 4) is 0 Å². The zero-order valence-electron chi connectivity index (χ0n) is 12.6. The monoisotopic (exact) mass is 426 g/mol. The number of rotatable bonds is 3. The molecule has 1 aromatic heterocycles. The lowest BCUT2D eigenvalue weighted by Crippen LogP contribution is -2.48. The Hall–Kier alpha value is -1.33. The summed E-state index contributed by atoms with van der Waals surface area (Å²) in [6.07, 6.45) is -3.54. The molecular formula is C13H14BrF3N4O2S. The van der Waals surface area contributed by atoms with Gasteiger partial charge in [0.05, 0.1) is 5.25 Å². The van der Waals surface area contributed by atoms with Gasteiger partial charge in [-0.25, -0.2) is 14.8 Å². The summed E-state index contributed by atoms with van der Waals surface area (Å²) in [5.41, 5.74) is -2.85. The second kappa shape index (κ2) is 6.89. The summed E-state index contributed by atoms with van der Waals surface area (Å²) < 4.78 is 39.6. The van der Waals surface area contributed by atoms with Gasteiger partial charge in [-0.2, -0.15) is 13.2 Å². The Labute approximate surface area is 148 Å². The molecule has 1 aliphatic heterocycles. The number of hydrogen-bond donors (Lipinski definition) is 3. The topological polar surface area (TPSA) is 86.6 Å². The van der Waals surface area contributed by atoms with Crippen molar-refractivity contribution in [1.29, 1.82) is 0 Å². The van der Waals surface area contributed by atoms with E-state index in [4.69, 9.17) is 0 Å². The highest BCUT2D eigenvalue weighted by atomic mass is 79.9. The molecule has 2 rings (SSSR count). The molecule has 1 aromatic rings. The van der Waals surface area contributed by atoms with Crippen LogP contribution in [0.3, 0.4) is 0 Å². The SMILES string of the molecule is CCNC(=O)Nc1cc(C2=NC(O)(C(F)(F)F)C(C)S2)c(Br)cn1. The molecule has 2 amide bonds. The first-order chi connectivity index (χ1) is 11.1. The van der Waals surface area contributed by atoms with Crippen molar-refractivity contribution in [2.75, 3.05) is 11.9 Å². The summed E-state index contributed by atoms with van der Waals surface area (Å²) in [5.74, 6) is 0.151. The van der Waals surface area contributed by atoms with E-state index in [1.165, 1.54) is 19.2 Å². The van der Waals surface area contributed by atoms with E-state index >= 15 is 0 Å². The van der Waals surface area contributed by atoms with Gasteiger partial charge < -0.3 is 10.4 Å². The fourth-order valence-electron chi connectivity index (χ4n) is 1.93. The predicted molar refractivity (Wildman–Crippen MR) is 89.2 cm³/mol. The molecule has 1 aliphatic rings. The highest BCUT2D eigenvalue weighted by Gasteiger charge is 2.61. The van der Waals surface area contributed by atoms with Crippen LogP contribution in [-0.2, 0) is 0 Å². The lowest BCUT2D eigenvalue weighted by Gasteiger charge is -2.26. The molecule has 0 saturated carbocycles. The fraction of sp³-hybridized carbons (Fsp3) is 0.462. The molecule has 0 bridgehead atoms. The van der Waals surface area contributed by atoms with Gasteiger partial charge in [-0.15, -0.1) is 0 Å². The molecule has 2 heterocycles. The number of pyridine rings is 1. The van der Waals surface area contributed by atoms with E-state index in [1.54, 1.807) is 6.92 Å². The number of carbonyl (C=O) groups excluding carboxylic acids is 1. The van der Waals surface area contributed by atoms with E-state index in [0.29, 0.717) is 16.6 Å². The van der Waals surface area contributed by atoms with Gasteiger partial charge >= 0.3 is 12.2 Å². The Balaban J connectivity index is 2.35. The fourth-order valence-corrected chi connectivity index (χ4v) is 3.64. The van der Waals surface area contributed by atoms with Gasteiger partial charge in [-0.05, 0) is 35.8 Å². The van der Waals surface area contributed by atoms with Crippen LogP contribution in [0.15, 0.2) is 21.7 Å². The first-order valence-corrected chi connectivity index (χ1v) is 8.52. The zero-order chi connectivity index (χ0) is 18.1. The van der Waals surface area contributed by atoms with Crippen LogP contribution in [-0.4, -0.2) is 44.9 Å². The van der Waals surface area contributed by atoms with E-state index < -0.39 is 23.2 Å². The summed E-state index contributed by atoms with van der Waals surface area (Å²) in [6.45, 7) is 3.40. The van der Waals surface area contributed by atoms with E-state index in [-0.39, 0.29) is 10.9 Å². The molecule has 0 fully saturated rings. The third-order valence-electron chi connectivity index (χ3n) is 3.21. The lowest BCUT2D eigenvalue weighted by atomic mass is 10.1. The maximum Gasteiger partial charge on any atom is 0.439 e. The number of amides is 2. The number of nitrogens with zero attached hydrogens (tertiary/aromatic N) is 2. The molecule has 0 saturated heterocycles. The minimum absolute atomic E-state index is 0.00977. The second-order valence-electron chi connectivity index (χ2n) is 4.93. The number of thioether (sulfide) groups is 1. The van der Waals surface area contributed by atoms with Crippen LogP contribution in [0.4, 0.5) is 23.8 Å². The van der Waals surface area contributed by atoms with Crippen LogP contribution in [0.2, 0.25) is 0 Å². The van der Waals surface area contributed by atoms with Gasteiger partial charge in [0, 0.05) is 22.8 Å². The maximum atomic E-state index is 13.1.